The lowest BCUT2D eigenvalue weighted by molar-refractivity contribution is 0.0661. The highest BCUT2D eigenvalue weighted by molar-refractivity contribution is 5.86. The fourth-order valence-corrected chi connectivity index (χ4v) is 2.82. The van der Waals surface area contributed by atoms with Crippen molar-refractivity contribution in [1.29, 1.82) is 0 Å². The van der Waals surface area contributed by atoms with Crippen LogP contribution in [0, 0.1) is 0 Å². The number of hydrogen-bond donors (Lipinski definition) is 1. The first-order chi connectivity index (χ1) is 12.7. The third-order valence-electron chi connectivity index (χ3n) is 4.02. The average Bonchev–Trinajstić information content (AvgIpc) is 3.13. The number of methoxy groups -OCH3 is 1. The van der Waals surface area contributed by atoms with Crippen molar-refractivity contribution >= 4 is 5.97 Å². The molecule has 2 heterocycles. The van der Waals surface area contributed by atoms with E-state index in [4.69, 9.17) is 14.2 Å². The molecule has 0 aliphatic carbocycles. The molecule has 0 fully saturated rings. The Morgan fingerprint density at radius 1 is 1.23 bits per heavy atom. The number of nitrogens with zero attached hydrogens (tertiary/aromatic N) is 3. The van der Waals surface area contributed by atoms with Crippen molar-refractivity contribution in [3.8, 4) is 22.9 Å². The Bertz CT molecular complexity index is 969. The largest absolute Gasteiger partial charge is 0.497 e. The molecule has 26 heavy (non-hydrogen) atoms. The number of hydrogen-bond acceptors (Lipinski definition) is 6. The van der Waals surface area contributed by atoms with Crippen LogP contribution in [0.3, 0.4) is 0 Å². The number of fused-ring (bicyclic) bond motifs is 1. The van der Waals surface area contributed by atoms with Gasteiger partial charge in [0.15, 0.2) is 23.3 Å². The highest BCUT2D eigenvalue weighted by Crippen LogP contribution is 2.37. The van der Waals surface area contributed by atoms with Crippen LogP contribution in [0.25, 0.3) is 5.69 Å². The van der Waals surface area contributed by atoms with Crippen LogP contribution in [-0.4, -0.2) is 39.8 Å². The van der Waals surface area contributed by atoms with Crippen LogP contribution in [0.2, 0.25) is 0 Å². The highest BCUT2D eigenvalue weighted by Gasteiger charge is 2.32. The maximum atomic E-state index is 11.6. The minimum Gasteiger partial charge on any atom is -0.497 e. The smallest absolute Gasteiger partial charge is 0.358 e. The van der Waals surface area contributed by atoms with Gasteiger partial charge in [-0.3, -0.25) is 0 Å². The van der Waals surface area contributed by atoms with Crippen molar-refractivity contribution in [3.05, 3.63) is 59.9 Å². The zero-order valence-corrected chi connectivity index (χ0v) is 13.8. The molecule has 8 heteroatoms. The lowest BCUT2D eigenvalue weighted by Crippen LogP contribution is -2.25. The van der Waals surface area contributed by atoms with Gasteiger partial charge in [0.25, 0.3) is 0 Å². The zero-order chi connectivity index (χ0) is 18.1. The normalized spacial score (nSPS) is 15.5. The molecule has 1 aliphatic rings. The van der Waals surface area contributed by atoms with E-state index in [1.807, 2.05) is 12.1 Å². The Kier molecular flexibility index (Phi) is 3.92. The Morgan fingerprint density at radius 3 is 2.81 bits per heavy atom. The zero-order valence-electron chi connectivity index (χ0n) is 13.8. The van der Waals surface area contributed by atoms with Crippen molar-refractivity contribution in [3.63, 3.8) is 0 Å². The molecule has 1 aromatic heterocycles. The monoisotopic (exact) mass is 353 g/mol. The topological polar surface area (TPSA) is 95.7 Å². The number of carboxylic acids is 1. The number of carboxylic acid groups (broad SMARTS) is 1. The number of aromatic nitrogens is 3. The van der Waals surface area contributed by atoms with E-state index in [0.717, 1.165) is 0 Å². The fraction of sp³-hybridized carbons (Fsp3) is 0.167. The van der Waals surface area contributed by atoms with Gasteiger partial charge in [-0.25, -0.2) is 9.48 Å². The SMILES string of the molecule is COc1cccc(-n2nnc(C(=O)O)c2C2COc3ccccc3O2)c1. The molecule has 0 amide bonds. The number of ether oxygens (including phenoxy) is 3. The van der Waals surface area contributed by atoms with Crippen molar-refractivity contribution < 1.29 is 24.1 Å². The highest BCUT2D eigenvalue weighted by atomic mass is 16.6. The summed E-state index contributed by atoms with van der Waals surface area (Å²) in [5, 5.41) is 17.3. The molecule has 1 N–H and O–H groups in total. The summed E-state index contributed by atoms with van der Waals surface area (Å²) in [5.41, 5.74) is 0.739. The number of aromatic carboxylic acids is 1. The summed E-state index contributed by atoms with van der Waals surface area (Å²) < 4.78 is 18.4. The van der Waals surface area contributed by atoms with Crippen LogP contribution >= 0.6 is 0 Å². The van der Waals surface area contributed by atoms with Crippen molar-refractivity contribution in [2.45, 2.75) is 6.10 Å². The second-order valence-electron chi connectivity index (χ2n) is 5.61. The minimum absolute atomic E-state index is 0.147. The van der Waals surface area contributed by atoms with E-state index < -0.39 is 12.1 Å². The van der Waals surface area contributed by atoms with Crippen LogP contribution in [0.15, 0.2) is 48.5 Å². The first kappa shape index (κ1) is 15.9. The lowest BCUT2D eigenvalue weighted by Gasteiger charge is -2.26. The van der Waals surface area contributed by atoms with E-state index in [0.29, 0.717) is 28.6 Å². The summed E-state index contributed by atoms with van der Waals surface area (Å²) in [5.74, 6) is 0.586. The minimum atomic E-state index is -1.18. The number of carbonyl (C=O) groups is 1. The molecule has 3 aromatic rings. The van der Waals surface area contributed by atoms with Gasteiger partial charge in [-0.05, 0) is 24.3 Å². The molecule has 2 aromatic carbocycles. The lowest BCUT2D eigenvalue weighted by atomic mass is 10.1. The third kappa shape index (κ3) is 2.71. The molecule has 1 unspecified atom stereocenters. The average molecular weight is 353 g/mol. The van der Waals surface area contributed by atoms with E-state index in [-0.39, 0.29) is 12.3 Å². The molecule has 0 saturated heterocycles. The van der Waals surface area contributed by atoms with Crippen LogP contribution in [0.1, 0.15) is 22.3 Å². The van der Waals surface area contributed by atoms with Gasteiger partial charge >= 0.3 is 5.97 Å². The van der Waals surface area contributed by atoms with Crippen LogP contribution in [-0.2, 0) is 0 Å². The second-order valence-corrected chi connectivity index (χ2v) is 5.61. The van der Waals surface area contributed by atoms with Crippen molar-refractivity contribution in [1.82, 2.24) is 15.0 Å². The number of benzene rings is 2. The van der Waals surface area contributed by atoms with E-state index >= 15 is 0 Å². The third-order valence-corrected chi connectivity index (χ3v) is 4.02. The maximum Gasteiger partial charge on any atom is 0.358 e. The van der Waals surface area contributed by atoms with E-state index in [9.17, 15) is 9.90 Å². The molecule has 0 bridgehead atoms. The first-order valence-electron chi connectivity index (χ1n) is 7.89. The Balaban J connectivity index is 1.80. The molecule has 0 spiro atoms. The summed E-state index contributed by atoms with van der Waals surface area (Å²) in [7, 11) is 1.55. The van der Waals surface area contributed by atoms with Crippen LogP contribution < -0.4 is 14.2 Å². The number of para-hydroxylation sites is 2. The van der Waals surface area contributed by atoms with Crippen LogP contribution in [0.4, 0.5) is 0 Å². The van der Waals surface area contributed by atoms with E-state index in [1.165, 1.54) is 4.68 Å². The predicted molar refractivity (Wildman–Crippen MR) is 90.2 cm³/mol. The maximum absolute atomic E-state index is 11.6. The van der Waals surface area contributed by atoms with Gasteiger partial charge in [0, 0.05) is 6.07 Å². The molecule has 0 saturated carbocycles. The molecule has 1 aliphatic heterocycles. The van der Waals surface area contributed by atoms with Gasteiger partial charge in [0.05, 0.1) is 12.8 Å². The molecule has 4 rings (SSSR count). The standard InChI is InChI=1S/C18H15N3O5/c1-24-12-6-4-5-11(9-12)21-17(16(18(22)23)19-20-21)15-10-25-13-7-2-3-8-14(13)26-15/h2-9,15H,10H2,1H3,(H,22,23). The van der Waals surface area contributed by atoms with E-state index in [1.54, 1.807) is 43.5 Å². The summed E-state index contributed by atoms with van der Waals surface area (Å²) in [6.45, 7) is 0.147. The van der Waals surface area contributed by atoms with Gasteiger partial charge in [-0.1, -0.05) is 23.4 Å². The van der Waals surface area contributed by atoms with Gasteiger partial charge in [-0.15, -0.1) is 5.10 Å². The van der Waals surface area contributed by atoms with Crippen molar-refractivity contribution in [2.24, 2.45) is 0 Å². The second kappa shape index (κ2) is 6.40. The van der Waals surface area contributed by atoms with Crippen molar-refractivity contribution in [2.75, 3.05) is 13.7 Å². The van der Waals surface area contributed by atoms with Crippen LogP contribution in [0.5, 0.6) is 17.2 Å². The summed E-state index contributed by atoms with van der Waals surface area (Å²) >= 11 is 0. The molecular formula is C18H15N3O5. The van der Waals surface area contributed by atoms with Gasteiger partial charge in [0.1, 0.15) is 18.1 Å². The first-order valence-corrected chi connectivity index (χ1v) is 7.89. The quantitative estimate of drug-likeness (QED) is 0.770. The van der Waals surface area contributed by atoms with Gasteiger partial charge in [-0.2, -0.15) is 0 Å². The Hall–Kier alpha value is -3.55. The molecule has 0 radical (unpaired) electrons. The molecule has 1 atom stereocenters. The van der Waals surface area contributed by atoms with Gasteiger partial charge in [0.2, 0.25) is 0 Å². The summed E-state index contributed by atoms with van der Waals surface area (Å²) in [6, 6.07) is 14.3. The van der Waals surface area contributed by atoms with Gasteiger partial charge < -0.3 is 19.3 Å². The predicted octanol–water partition coefficient (Wildman–Crippen LogP) is 2.49. The molecule has 8 nitrogen and oxygen atoms in total. The summed E-state index contributed by atoms with van der Waals surface area (Å²) in [4.78, 5) is 11.6. The Morgan fingerprint density at radius 2 is 2.04 bits per heavy atom. The summed E-state index contributed by atoms with van der Waals surface area (Å²) in [6.07, 6.45) is -0.669. The fourth-order valence-electron chi connectivity index (χ4n) is 2.82. The molecular weight excluding hydrogens is 338 g/mol. The van der Waals surface area contributed by atoms with E-state index in [2.05, 4.69) is 10.3 Å². The number of rotatable bonds is 4. The Labute approximate surface area is 148 Å². The molecule has 132 valence electrons.